The van der Waals surface area contributed by atoms with E-state index in [0.29, 0.717) is 0 Å². The van der Waals surface area contributed by atoms with Crippen molar-refractivity contribution < 1.29 is 4.42 Å². The van der Waals surface area contributed by atoms with E-state index in [1.165, 1.54) is 22.3 Å². The number of rotatable bonds is 2. The highest BCUT2D eigenvalue weighted by Crippen LogP contribution is 2.43. The molecule has 0 N–H and O–H groups in total. The van der Waals surface area contributed by atoms with Crippen LogP contribution in [-0.2, 0) is 0 Å². The van der Waals surface area contributed by atoms with Gasteiger partial charge in [-0.2, -0.15) is 0 Å². The van der Waals surface area contributed by atoms with Gasteiger partial charge in [0.05, 0.1) is 0 Å². The van der Waals surface area contributed by atoms with Crippen molar-refractivity contribution in [1.82, 2.24) is 0 Å². The molecule has 1 heterocycles. The smallest absolute Gasteiger partial charge is 0.136 e. The molecule has 0 atom stereocenters. The van der Waals surface area contributed by atoms with Gasteiger partial charge in [0.15, 0.2) is 0 Å². The fourth-order valence-corrected chi connectivity index (χ4v) is 4.22. The normalized spacial score (nSPS) is 11.3. The van der Waals surface area contributed by atoms with Gasteiger partial charge in [-0.15, -0.1) is 0 Å². The molecule has 0 spiro atoms. The molecule has 0 unspecified atom stereocenters. The van der Waals surface area contributed by atoms with E-state index in [9.17, 15) is 0 Å². The third kappa shape index (κ3) is 2.38. The molecule has 0 saturated heterocycles. The Kier molecular flexibility index (Phi) is 3.65. The molecule has 0 saturated carbocycles. The quantitative estimate of drug-likeness (QED) is 0.297. The first kappa shape index (κ1) is 15.4. The first-order valence-corrected chi connectivity index (χ1v) is 9.37. The molecule has 0 amide bonds. The minimum Gasteiger partial charge on any atom is -0.456 e. The van der Waals surface area contributed by atoms with Crippen LogP contribution in [0.1, 0.15) is 0 Å². The Morgan fingerprint density at radius 1 is 0.577 bits per heavy atom. The zero-order valence-electron chi connectivity index (χ0n) is 13.9. The molecule has 1 aromatic heterocycles. The highest BCUT2D eigenvalue weighted by molar-refractivity contribution is 9.10. The topological polar surface area (TPSA) is 13.1 Å². The number of fused-ring (bicyclic) bond motifs is 3. The number of furan rings is 1. The van der Waals surface area contributed by atoms with Crippen LogP contribution in [0.2, 0.25) is 0 Å². The highest BCUT2D eigenvalue weighted by Gasteiger charge is 2.17. The molecular formula is C24H15BrO. The summed E-state index contributed by atoms with van der Waals surface area (Å²) in [7, 11) is 0. The van der Waals surface area contributed by atoms with Gasteiger partial charge in [0.2, 0.25) is 0 Å². The lowest BCUT2D eigenvalue weighted by Crippen LogP contribution is -1.88. The van der Waals surface area contributed by atoms with E-state index in [1.807, 2.05) is 24.3 Å². The molecule has 0 aliphatic carbocycles. The minimum atomic E-state index is 0.915. The van der Waals surface area contributed by atoms with Gasteiger partial charge in [-0.05, 0) is 34.9 Å². The maximum atomic E-state index is 6.08. The second-order valence-electron chi connectivity index (χ2n) is 6.31. The summed E-state index contributed by atoms with van der Waals surface area (Å²) in [6, 6.07) is 31.4. The second kappa shape index (κ2) is 6.15. The van der Waals surface area contributed by atoms with Crippen LogP contribution in [-0.4, -0.2) is 0 Å². The molecule has 0 aliphatic heterocycles. The number of para-hydroxylation sites is 1. The summed E-state index contributed by atoms with van der Waals surface area (Å²) in [5.74, 6) is 0. The predicted molar refractivity (Wildman–Crippen MR) is 112 cm³/mol. The fraction of sp³-hybridized carbons (Fsp3) is 0. The molecular weight excluding hydrogens is 384 g/mol. The molecule has 2 heteroatoms. The molecule has 0 bridgehead atoms. The standard InChI is InChI=1S/C24H15BrO/c25-20-13-6-11-17(16-8-2-1-3-9-16)23(20)19-12-7-15-22-24(19)18-10-4-5-14-21(18)26-22/h1-15H. The monoisotopic (exact) mass is 398 g/mol. The molecule has 0 fully saturated rings. The van der Waals surface area contributed by atoms with Crippen LogP contribution in [0.3, 0.4) is 0 Å². The van der Waals surface area contributed by atoms with Crippen molar-refractivity contribution in [2.45, 2.75) is 0 Å². The van der Waals surface area contributed by atoms with Gasteiger partial charge in [-0.25, -0.2) is 0 Å². The van der Waals surface area contributed by atoms with Crippen molar-refractivity contribution in [3.63, 3.8) is 0 Å². The van der Waals surface area contributed by atoms with Crippen molar-refractivity contribution in [3.05, 3.63) is 95.5 Å². The summed E-state index contributed by atoms with van der Waals surface area (Å²) in [6.07, 6.45) is 0. The summed E-state index contributed by atoms with van der Waals surface area (Å²) in [6.45, 7) is 0. The van der Waals surface area contributed by atoms with Crippen LogP contribution in [0.5, 0.6) is 0 Å². The molecule has 5 rings (SSSR count). The molecule has 26 heavy (non-hydrogen) atoms. The lowest BCUT2D eigenvalue weighted by Gasteiger charge is -2.13. The molecule has 124 valence electrons. The van der Waals surface area contributed by atoms with Crippen LogP contribution in [0.15, 0.2) is 99.9 Å². The van der Waals surface area contributed by atoms with Crippen molar-refractivity contribution in [3.8, 4) is 22.3 Å². The van der Waals surface area contributed by atoms with Gasteiger partial charge in [0.25, 0.3) is 0 Å². The average molecular weight is 399 g/mol. The lowest BCUT2D eigenvalue weighted by atomic mass is 9.92. The van der Waals surface area contributed by atoms with Crippen molar-refractivity contribution in [2.24, 2.45) is 0 Å². The Morgan fingerprint density at radius 3 is 2.15 bits per heavy atom. The number of halogens is 1. The van der Waals surface area contributed by atoms with Crippen LogP contribution >= 0.6 is 15.9 Å². The predicted octanol–water partition coefficient (Wildman–Crippen LogP) is 7.68. The van der Waals surface area contributed by atoms with Crippen molar-refractivity contribution in [2.75, 3.05) is 0 Å². The summed E-state index contributed by atoms with van der Waals surface area (Å²) in [5, 5.41) is 2.31. The van der Waals surface area contributed by atoms with E-state index in [4.69, 9.17) is 4.42 Å². The van der Waals surface area contributed by atoms with Gasteiger partial charge in [-0.3, -0.25) is 0 Å². The van der Waals surface area contributed by atoms with Crippen LogP contribution in [0.25, 0.3) is 44.2 Å². The minimum absolute atomic E-state index is 0.915. The van der Waals surface area contributed by atoms with Gasteiger partial charge in [-0.1, -0.05) is 88.7 Å². The summed E-state index contributed by atoms with van der Waals surface area (Å²) >= 11 is 3.79. The molecule has 4 aromatic carbocycles. The maximum Gasteiger partial charge on any atom is 0.136 e. The van der Waals surface area contributed by atoms with Gasteiger partial charge in [0.1, 0.15) is 11.2 Å². The van der Waals surface area contributed by atoms with Crippen molar-refractivity contribution >= 4 is 37.9 Å². The molecule has 0 aliphatic rings. The second-order valence-corrected chi connectivity index (χ2v) is 7.16. The van der Waals surface area contributed by atoms with Gasteiger partial charge < -0.3 is 4.42 Å². The Balaban J connectivity index is 1.90. The Hall–Kier alpha value is -2.84. The third-order valence-electron chi connectivity index (χ3n) is 4.77. The summed E-state index contributed by atoms with van der Waals surface area (Å²) in [5.41, 5.74) is 6.61. The van der Waals surface area contributed by atoms with Crippen LogP contribution in [0, 0.1) is 0 Å². The first-order valence-electron chi connectivity index (χ1n) is 8.57. The molecule has 5 aromatic rings. The van der Waals surface area contributed by atoms with E-state index in [-0.39, 0.29) is 0 Å². The van der Waals surface area contributed by atoms with E-state index in [2.05, 4.69) is 82.7 Å². The number of hydrogen-bond acceptors (Lipinski definition) is 1. The van der Waals surface area contributed by atoms with E-state index in [1.54, 1.807) is 0 Å². The van der Waals surface area contributed by atoms with Gasteiger partial charge >= 0.3 is 0 Å². The maximum absolute atomic E-state index is 6.08. The summed E-state index contributed by atoms with van der Waals surface area (Å²) in [4.78, 5) is 0. The van der Waals surface area contributed by atoms with Crippen LogP contribution < -0.4 is 0 Å². The zero-order chi connectivity index (χ0) is 17.5. The Bertz CT molecular complexity index is 1240. The average Bonchev–Trinajstić information content (AvgIpc) is 3.07. The Labute approximate surface area is 160 Å². The van der Waals surface area contributed by atoms with Crippen LogP contribution in [0.4, 0.5) is 0 Å². The Morgan fingerprint density at radius 2 is 1.27 bits per heavy atom. The van der Waals surface area contributed by atoms with Gasteiger partial charge in [0, 0.05) is 20.8 Å². The van der Waals surface area contributed by atoms with E-state index >= 15 is 0 Å². The fourth-order valence-electron chi connectivity index (χ4n) is 3.64. The SMILES string of the molecule is Brc1cccc(-c2ccccc2)c1-c1cccc2oc3ccccc3c12. The third-order valence-corrected chi connectivity index (χ3v) is 5.43. The lowest BCUT2D eigenvalue weighted by molar-refractivity contribution is 0.669. The number of hydrogen-bond donors (Lipinski definition) is 0. The largest absolute Gasteiger partial charge is 0.456 e. The van der Waals surface area contributed by atoms with E-state index in [0.717, 1.165) is 26.4 Å². The molecule has 0 radical (unpaired) electrons. The summed E-state index contributed by atoms with van der Waals surface area (Å²) < 4.78 is 7.16. The van der Waals surface area contributed by atoms with Crippen molar-refractivity contribution in [1.29, 1.82) is 0 Å². The highest BCUT2D eigenvalue weighted by atomic mass is 79.9. The zero-order valence-corrected chi connectivity index (χ0v) is 15.5. The van der Waals surface area contributed by atoms with E-state index < -0.39 is 0 Å². The molecule has 1 nitrogen and oxygen atoms in total. The number of benzene rings is 4. The first-order chi connectivity index (χ1) is 12.8.